The maximum absolute atomic E-state index is 10.6. The number of amides is 1. The van der Waals surface area contributed by atoms with Gasteiger partial charge in [-0.3, -0.25) is 4.79 Å². The summed E-state index contributed by atoms with van der Waals surface area (Å²) in [5.74, 6) is -0.327. The highest BCUT2D eigenvalue weighted by Gasteiger charge is 2.08. The van der Waals surface area contributed by atoms with Crippen molar-refractivity contribution in [2.24, 2.45) is 5.73 Å². The van der Waals surface area contributed by atoms with Gasteiger partial charge in [0, 0.05) is 6.04 Å². The topological polar surface area (TPSA) is 55.1 Å². The highest BCUT2D eigenvalue weighted by Crippen LogP contribution is 2.18. The minimum absolute atomic E-state index is 0.151. The van der Waals surface area contributed by atoms with E-state index in [1.807, 2.05) is 6.92 Å². The van der Waals surface area contributed by atoms with Crippen LogP contribution in [0.3, 0.4) is 0 Å². The molecular weight excluding hydrogens is 188 g/mol. The Hall–Kier alpha value is -1.35. The molecule has 0 saturated heterocycles. The third-order valence-electron chi connectivity index (χ3n) is 2.47. The summed E-state index contributed by atoms with van der Waals surface area (Å²) >= 11 is 0. The summed E-state index contributed by atoms with van der Waals surface area (Å²) in [7, 11) is 0. The molecule has 82 valence electrons. The van der Waals surface area contributed by atoms with Crippen LogP contribution in [0.5, 0.6) is 0 Å². The summed E-state index contributed by atoms with van der Waals surface area (Å²) < 4.78 is 0. The summed E-state index contributed by atoms with van der Waals surface area (Å²) in [5.41, 5.74) is 8.77. The fraction of sp³-hybridized carbons (Fsp3) is 0.417. The van der Waals surface area contributed by atoms with E-state index in [0.29, 0.717) is 0 Å². The molecule has 15 heavy (non-hydrogen) atoms. The van der Waals surface area contributed by atoms with Crippen LogP contribution >= 0.6 is 0 Å². The molecule has 3 nitrogen and oxygen atoms in total. The first-order valence-corrected chi connectivity index (χ1v) is 5.09. The molecule has 3 N–H and O–H groups in total. The van der Waals surface area contributed by atoms with Crippen molar-refractivity contribution in [3.05, 3.63) is 34.9 Å². The van der Waals surface area contributed by atoms with Crippen LogP contribution in [-0.4, -0.2) is 12.5 Å². The number of aryl methyl sites for hydroxylation is 2. The Labute approximate surface area is 90.7 Å². The Morgan fingerprint density at radius 2 is 2.13 bits per heavy atom. The lowest BCUT2D eigenvalue weighted by Gasteiger charge is -2.16. The zero-order valence-corrected chi connectivity index (χ0v) is 9.50. The average Bonchev–Trinajstić information content (AvgIpc) is 2.14. The van der Waals surface area contributed by atoms with Crippen LogP contribution in [0.15, 0.2) is 18.2 Å². The van der Waals surface area contributed by atoms with Gasteiger partial charge in [0.2, 0.25) is 5.91 Å². The van der Waals surface area contributed by atoms with Gasteiger partial charge < -0.3 is 11.1 Å². The maximum atomic E-state index is 10.6. The molecule has 0 aliphatic rings. The number of hydrogen-bond donors (Lipinski definition) is 2. The van der Waals surface area contributed by atoms with Crippen molar-refractivity contribution < 1.29 is 4.79 Å². The fourth-order valence-corrected chi connectivity index (χ4v) is 1.68. The fourth-order valence-electron chi connectivity index (χ4n) is 1.68. The van der Waals surface area contributed by atoms with Crippen molar-refractivity contribution in [1.29, 1.82) is 0 Å². The van der Waals surface area contributed by atoms with Crippen LogP contribution in [0.1, 0.15) is 29.7 Å². The van der Waals surface area contributed by atoms with Gasteiger partial charge in [0.15, 0.2) is 0 Å². The largest absolute Gasteiger partial charge is 0.369 e. The number of carbonyl (C=O) groups excluding carboxylic acids is 1. The van der Waals surface area contributed by atoms with Crippen LogP contribution in [-0.2, 0) is 4.79 Å². The lowest BCUT2D eigenvalue weighted by molar-refractivity contribution is -0.117. The standard InChI is InChI=1S/C12H18N2O/c1-8-4-5-11(9(2)6-8)10(3)14-7-12(13)15/h4-6,10,14H,7H2,1-3H3,(H2,13,15)/t10-/m1/s1. The lowest BCUT2D eigenvalue weighted by Crippen LogP contribution is -2.30. The highest BCUT2D eigenvalue weighted by molar-refractivity contribution is 5.75. The summed E-state index contributed by atoms with van der Waals surface area (Å²) in [5, 5.41) is 3.08. The summed E-state index contributed by atoms with van der Waals surface area (Å²) in [6.07, 6.45) is 0. The molecule has 0 aromatic heterocycles. The van der Waals surface area contributed by atoms with E-state index in [9.17, 15) is 4.79 Å². The van der Waals surface area contributed by atoms with Crippen molar-refractivity contribution in [2.45, 2.75) is 26.8 Å². The third kappa shape index (κ3) is 3.36. The van der Waals surface area contributed by atoms with Crippen LogP contribution in [0, 0.1) is 13.8 Å². The van der Waals surface area contributed by atoms with E-state index < -0.39 is 0 Å². The molecule has 0 aliphatic carbocycles. The Bertz CT molecular complexity index is 361. The molecule has 0 heterocycles. The SMILES string of the molecule is Cc1ccc([C@@H](C)NCC(N)=O)c(C)c1. The van der Waals surface area contributed by atoms with E-state index in [-0.39, 0.29) is 18.5 Å². The summed E-state index contributed by atoms with van der Waals surface area (Å²) in [4.78, 5) is 10.6. The summed E-state index contributed by atoms with van der Waals surface area (Å²) in [6.45, 7) is 6.39. The zero-order valence-electron chi connectivity index (χ0n) is 9.50. The average molecular weight is 206 g/mol. The molecule has 0 fully saturated rings. The Morgan fingerprint density at radius 1 is 1.47 bits per heavy atom. The molecule has 0 aliphatic heterocycles. The number of nitrogens with one attached hydrogen (secondary N) is 1. The van der Waals surface area contributed by atoms with Gasteiger partial charge in [0.1, 0.15) is 0 Å². The van der Waals surface area contributed by atoms with Gasteiger partial charge in [-0.15, -0.1) is 0 Å². The number of primary amides is 1. The van der Waals surface area contributed by atoms with E-state index in [0.717, 1.165) is 0 Å². The Balaban J connectivity index is 2.73. The minimum Gasteiger partial charge on any atom is -0.369 e. The molecule has 1 atom stereocenters. The molecule has 1 rings (SSSR count). The second-order valence-corrected chi connectivity index (χ2v) is 3.93. The van der Waals surface area contributed by atoms with Crippen molar-refractivity contribution in [3.8, 4) is 0 Å². The Morgan fingerprint density at radius 3 is 2.67 bits per heavy atom. The van der Waals surface area contributed by atoms with Crippen molar-refractivity contribution in [3.63, 3.8) is 0 Å². The van der Waals surface area contributed by atoms with Crippen LogP contribution in [0.25, 0.3) is 0 Å². The number of rotatable bonds is 4. The van der Waals surface area contributed by atoms with Crippen molar-refractivity contribution in [1.82, 2.24) is 5.32 Å². The first-order chi connectivity index (χ1) is 7.00. The minimum atomic E-state index is -0.327. The molecule has 1 aromatic carbocycles. The summed E-state index contributed by atoms with van der Waals surface area (Å²) in [6, 6.07) is 6.45. The van der Waals surface area contributed by atoms with Gasteiger partial charge in [0.05, 0.1) is 6.54 Å². The van der Waals surface area contributed by atoms with Gasteiger partial charge >= 0.3 is 0 Å². The molecule has 0 radical (unpaired) electrons. The van der Waals surface area contributed by atoms with Crippen LogP contribution < -0.4 is 11.1 Å². The van der Waals surface area contributed by atoms with Gasteiger partial charge in [0.25, 0.3) is 0 Å². The second-order valence-electron chi connectivity index (χ2n) is 3.93. The monoisotopic (exact) mass is 206 g/mol. The zero-order chi connectivity index (χ0) is 11.4. The second kappa shape index (κ2) is 4.94. The quantitative estimate of drug-likeness (QED) is 0.783. The smallest absolute Gasteiger partial charge is 0.231 e. The molecule has 3 heteroatoms. The molecule has 0 unspecified atom stereocenters. The van der Waals surface area contributed by atoms with Gasteiger partial charge in [-0.2, -0.15) is 0 Å². The molecular formula is C12H18N2O. The van der Waals surface area contributed by atoms with Crippen molar-refractivity contribution in [2.75, 3.05) is 6.54 Å². The Kier molecular flexibility index (Phi) is 3.86. The van der Waals surface area contributed by atoms with Gasteiger partial charge in [-0.1, -0.05) is 23.8 Å². The van der Waals surface area contributed by atoms with E-state index in [1.165, 1.54) is 16.7 Å². The number of benzene rings is 1. The molecule has 1 amide bonds. The van der Waals surface area contributed by atoms with E-state index in [2.05, 4.69) is 37.4 Å². The number of hydrogen-bond acceptors (Lipinski definition) is 2. The molecule has 0 bridgehead atoms. The highest BCUT2D eigenvalue weighted by atomic mass is 16.1. The number of nitrogens with two attached hydrogens (primary N) is 1. The van der Waals surface area contributed by atoms with E-state index in [4.69, 9.17) is 5.73 Å². The third-order valence-corrected chi connectivity index (χ3v) is 2.47. The van der Waals surface area contributed by atoms with Crippen LogP contribution in [0.2, 0.25) is 0 Å². The van der Waals surface area contributed by atoms with E-state index >= 15 is 0 Å². The lowest BCUT2D eigenvalue weighted by atomic mass is 10.0. The van der Waals surface area contributed by atoms with Crippen molar-refractivity contribution >= 4 is 5.91 Å². The molecule has 0 saturated carbocycles. The van der Waals surface area contributed by atoms with Crippen LogP contribution in [0.4, 0.5) is 0 Å². The van der Waals surface area contributed by atoms with Gasteiger partial charge in [-0.05, 0) is 31.9 Å². The molecule has 1 aromatic rings. The maximum Gasteiger partial charge on any atom is 0.231 e. The van der Waals surface area contributed by atoms with E-state index in [1.54, 1.807) is 0 Å². The predicted octanol–water partition coefficient (Wildman–Crippen LogP) is 1.44. The normalized spacial score (nSPS) is 12.5. The first-order valence-electron chi connectivity index (χ1n) is 5.09. The predicted molar refractivity (Wildman–Crippen MR) is 61.5 cm³/mol. The van der Waals surface area contributed by atoms with Gasteiger partial charge in [-0.25, -0.2) is 0 Å². The number of carbonyl (C=O) groups is 1. The molecule has 0 spiro atoms. The first kappa shape index (κ1) is 11.7.